The first-order valence-corrected chi connectivity index (χ1v) is 42.4. The van der Waals surface area contributed by atoms with Crippen molar-refractivity contribution in [3.05, 3.63) is 0 Å². The van der Waals surface area contributed by atoms with Crippen molar-refractivity contribution in [2.45, 2.75) is 409 Å². The summed E-state index contributed by atoms with van der Waals surface area (Å²) in [5.41, 5.74) is 0. The lowest BCUT2D eigenvalue weighted by Gasteiger charge is -2.27. The van der Waals surface area contributed by atoms with Gasteiger partial charge in [0.1, 0.15) is 0 Å². The monoisotopic (exact) mass is 1340 g/mol. The SMILES string of the molecule is CCCCCCCCC(CCCCCC)C(=O)OCCCN(CCCOC(=O)C(CCCCCC)CCCCCCCC)CCCN(CC)CCCN(CCCOC(=O)C(CCCCCC)CCCCCCCC)CCCOC(=O)C(CCCCCC)CCCCCCCC. The van der Waals surface area contributed by atoms with Crippen LogP contribution in [0.4, 0.5) is 0 Å². The van der Waals surface area contributed by atoms with Crippen LogP contribution in [-0.4, -0.2) is 124 Å². The fraction of sp³-hybridized carbons (Fsp3) is 0.952. The van der Waals surface area contributed by atoms with E-state index in [-0.39, 0.29) is 47.5 Å². The average molecular weight is 1350 g/mol. The van der Waals surface area contributed by atoms with Gasteiger partial charge in [-0.15, -0.1) is 0 Å². The van der Waals surface area contributed by atoms with Gasteiger partial charge in [-0.05, 0) is 123 Å². The molecule has 0 aromatic rings. The van der Waals surface area contributed by atoms with Crippen molar-refractivity contribution in [1.29, 1.82) is 0 Å². The third-order valence-corrected chi connectivity index (χ3v) is 20.4. The lowest BCUT2D eigenvalue weighted by Crippen LogP contribution is -2.35. The Kier molecular flexibility index (Phi) is 71.3. The molecule has 0 fully saturated rings. The van der Waals surface area contributed by atoms with Crippen molar-refractivity contribution in [3.8, 4) is 0 Å². The van der Waals surface area contributed by atoms with Crippen molar-refractivity contribution >= 4 is 23.9 Å². The van der Waals surface area contributed by atoms with Crippen LogP contribution in [0.1, 0.15) is 409 Å². The Balaban J connectivity index is 6.15. The molecule has 4 atom stereocenters. The summed E-state index contributed by atoms with van der Waals surface area (Å²) in [6.07, 6.45) is 61.2. The molecule has 4 unspecified atom stereocenters. The van der Waals surface area contributed by atoms with Crippen LogP contribution in [0.25, 0.3) is 0 Å². The first-order chi connectivity index (χ1) is 46.6. The number of unbranched alkanes of at least 4 members (excludes halogenated alkanes) is 32. The topological polar surface area (TPSA) is 115 Å². The van der Waals surface area contributed by atoms with E-state index >= 15 is 0 Å². The molecule has 0 aromatic heterocycles. The average Bonchev–Trinajstić information content (AvgIpc) is 3.75. The summed E-state index contributed by atoms with van der Waals surface area (Å²) in [6.45, 7) is 30.4. The maximum atomic E-state index is 13.7. The minimum atomic E-state index is 0.00579. The minimum absolute atomic E-state index is 0.00579. The van der Waals surface area contributed by atoms with Gasteiger partial charge in [0.2, 0.25) is 0 Å². The van der Waals surface area contributed by atoms with Crippen LogP contribution in [0.15, 0.2) is 0 Å². The number of ether oxygens (including phenoxy) is 4. The molecule has 0 aliphatic rings. The zero-order valence-corrected chi connectivity index (χ0v) is 65.3. The van der Waals surface area contributed by atoms with Crippen LogP contribution in [0.2, 0.25) is 0 Å². The van der Waals surface area contributed by atoms with Crippen LogP contribution in [0.3, 0.4) is 0 Å². The predicted molar refractivity (Wildman–Crippen MR) is 408 cm³/mol. The van der Waals surface area contributed by atoms with Crippen molar-refractivity contribution < 1.29 is 38.1 Å². The van der Waals surface area contributed by atoms with Crippen molar-refractivity contribution in [2.24, 2.45) is 23.7 Å². The molecule has 0 radical (unpaired) electrons. The molecule has 0 bridgehead atoms. The Morgan fingerprint density at radius 3 is 0.547 bits per heavy atom. The van der Waals surface area contributed by atoms with E-state index in [0.717, 1.165) is 200 Å². The van der Waals surface area contributed by atoms with Crippen molar-refractivity contribution in [3.63, 3.8) is 0 Å². The Bertz CT molecular complexity index is 1420. The first kappa shape index (κ1) is 92.8. The molecule has 0 aliphatic heterocycles. The molecule has 0 saturated carbocycles. The second kappa shape index (κ2) is 73.0. The number of carbonyl (C=O) groups is 4. The van der Waals surface area contributed by atoms with Crippen LogP contribution in [-0.2, 0) is 38.1 Å². The Labute approximate surface area is 591 Å². The lowest BCUT2D eigenvalue weighted by atomic mass is 9.94. The van der Waals surface area contributed by atoms with E-state index in [1.165, 1.54) is 205 Å². The van der Waals surface area contributed by atoms with E-state index < -0.39 is 0 Å². The highest BCUT2D eigenvalue weighted by Crippen LogP contribution is 2.25. The molecular weight excluding hydrogens is 1180 g/mol. The second-order valence-electron chi connectivity index (χ2n) is 29.3. The zero-order valence-electron chi connectivity index (χ0n) is 65.3. The molecule has 564 valence electrons. The van der Waals surface area contributed by atoms with Crippen molar-refractivity contribution in [2.75, 3.05) is 85.3 Å². The van der Waals surface area contributed by atoms with Gasteiger partial charge < -0.3 is 33.6 Å². The highest BCUT2D eigenvalue weighted by molar-refractivity contribution is 5.73. The quantitative estimate of drug-likeness (QED) is 0.0329. The summed E-state index contributed by atoms with van der Waals surface area (Å²) in [7, 11) is 0. The van der Waals surface area contributed by atoms with E-state index in [2.05, 4.69) is 77.0 Å². The number of esters is 4. The highest BCUT2D eigenvalue weighted by Gasteiger charge is 2.24. The van der Waals surface area contributed by atoms with Gasteiger partial charge in [0.15, 0.2) is 0 Å². The molecule has 0 aromatic carbocycles. The van der Waals surface area contributed by atoms with Crippen molar-refractivity contribution in [1.82, 2.24) is 14.7 Å². The zero-order chi connectivity index (χ0) is 69.6. The molecule has 0 N–H and O–H groups in total. The third kappa shape index (κ3) is 59.2. The summed E-state index contributed by atoms with van der Waals surface area (Å²) in [5.74, 6) is 0.0572. The van der Waals surface area contributed by atoms with Crippen LogP contribution < -0.4 is 0 Å². The second-order valence-corrected chi connectivity index (χ2v) is 29.3. The van der Waals surface area contributed by atoms with E-state index in [1.54, 1.807) is 0 Å². The van der Waals surface area contributed by atoms with Crippen LogP contribution >= 0.6 is 0 Å². The number of hydrogen-bond donors (Lipinski definition) is 0. The number of hydrogen-bond acceptors (Lipinski definition) is 11. The Morgan fingerprint density at radius 2 is 0.358 bits per heavy atom. The first-order valence-electron chi connectivity index (χ1n) is 42.4. The van der Waals surface area contributed by atoms with Gasteiger partial charge in [0.05, 0.1) is 50.1 Å². The van der Waals surface area contributed by atoms with E-state index in [1.807, 2.05) is 0 Å². The molecule has 11 heteroatoms. The fourth-order valence-corrected chi connectivity index (χ4v) is 13.9. The van der Waals surface area contributed by atoms with Gasteiger partial charge >= 0.3 is 23.9 Å². The van der Waals surface area contributed by atoms with E-state index in [9.17, 15) is 19.2 Å². The molecule has 0 saturated heterocycles. The maximum Gasteiger partial charge on any atom is 0.308 e. The summed E-state index contributed by atoms with van der Waals surface area (Å²) < 4.78 is 24.5. The van der Waals surface area contributed by atoms with Gasteiger partial charge in [0.25, 0.3) is 0 Å². The predicted octanol–water partition coefficient (Wildman–Crippen LogP) is 23.8. The molecule has 0 rings (SSSR count). The molecule has 0 spiro atoms. The van der Waals surface area contributed by atoms with Gasteiger partial charge in [-0.25, -0.2) is 0 Å². The van der Waals surface area contributed by atoms with E-state index in [0.29, 0.717) is 26.4 Å². The summed E-state index contributed by atoms with van der Waals surface area (Å²) >= 11 is 0. The molecule has 0 aliphatic carbocycles. The Morgan fingerprint density at radius 1 is 0.200 bits per heavy atom. The van der Waals surface area contributed by atoms with Gasteiger partial charge in [-0.3, -0.25) is 19.2 Å². The molecule has 0 amide bonds. The molecule has 0 heterocycles. The van der Waals surface area contributed by atoms with Crippen LogP contribution in [0.5, 0.6) is 0 Å². The standard InChI is InChI=1S/C84H165N3O8/c1-10-19-27-35-39-47-61-77(57-43-31-23-14-5)81(88)92-73-53-69-86(70-54-74-93-82(89)78(58-44-32-24-15-6)62-48-40-36-28-20-11-2)67-51-65-85(18-9)66-52-68-87(71-55-75-94-83(90)79(59-45-33-25-16-7)63-49-41-37-29-21-12-3)72-56-76-95-84(91)80(60-46-34-26-17-8)64-50-42-38-30-22-13-4/h77-80H,10-76H2,1-9H3. The fourth-order valence-electron chi connectivity index (χ4n) is 13.9. The highest BCUT2D eigenvalue weighted by atomic mass is 16.5. The van der Waals surface area contributed by atoms with Crippen LogP contribution in [0, 0.1) is 23.7 Å². The maximum absolute atomic E-state index is 13.7. The number of nitrogens with zero attached hydrogens (tertiary/aromatic N) is 3. The largest absolute Gasteiger partial charge is 0.465 e. The lowest BCUT2D eigenvalue weighted by molar-refractivity contribution is -0.150. The van der Waals surface area contributed by atoms with E-state index in [4.69, 9.17) is 18.9 Å². The molecule has 95 heavy (non-hydrogen) atoms. The summed E-state index contributed by atoms with van der Waals surface area (Å²) in [6, 6.07) is 0. The van der Waals surface area contributed by atoms with Gasteiger partial charge in [0, 0.05) is 26.2 Å². The normalized spacial score (nSPS) is 13.1. The van der Waals surface area contributed by atoms with Gasteiger partial charge in [-0.1, -0.05) is 319 Å². The third-order valence-electron chi connectivity index (χ3n) is 20.4. The minimum Gasteiger partial charge on any atom is -0.465 e. The Hall–Kier alpha value is -2.24. The molecular formula is C84H165N3O8. The molecule has 11 nitrogen and oxygen atoms in total. The smallest absolute Gasteiger partial charge is 0.308 e. The van der Waals surface area contributed by atoms with Gasteiger partial charge in [-0.2, -0.15) is 0 Å². The number of rotatable bonds is 77. The number of carbonyl (C=O) groups excluding carboxylic acids is 4. The summed E-state index contributed by atoms with van der Waals surface area (Å²) in [4.78, 5) is 62.4. The summed E-state index contributed by atoms with van der Waals surface area (Å²) in [5, 5.41) is 0.